The Labute approximate surface area is 118 Å². The van der Waals surface area contributed by atoms with Crippen LogP contribution in [0.25, 0.3) is 11.0 Å². The Hall–Kier alpha value is -2.61. The zero-order valence-electron chi connectivity index (χ0n) is 10.6. The molecule has 0 aliphatic rings. The number of hydrogen-bond donors (Lipinski definition) is 3. The van der Waals surface area contributed by atoms with E-state index in [2.05, 4.69) is 14.7 Å². The minimum Gasteiger partial charge on any atom is -0.306 e. The third-order valence-electron chi connectivity index (χ3n) is 2.89. The van der Waals surface area contributed by atoms with Crippen LogP contribution in [0.3, 0.4) is 0 Å². The highest BCUT2D eigenvalue weighted by molar-refractivity contribution is 7.92. The summed E-state index contributed by atoms with van der Waals surface area (Å²) in [7, 11) is -3.81. The standard InChI is InChI=1S/C13H10FN3O3S/c14-8-1-4-10(5-2-8)21(19,20)17-9-3-6-11-12(7-9)16-13(18)15-11/h1-7,17H,(H2,15,16,18). The van der Waals surface area contributed by atoms with E-state index in [1.807, 2.05) is 0 Å². The lowest BCUT2D eigenvalue weighted by Gasteiger charge is -2.08. The van der Waals surface area contributed by atoms with Crippen molar-refractivity contribution in [3.8, 4) is 0 Å². The second kappa shape index (κ2) is 4.74. The Morgan fingerprint density at radius 2 is 1.62 bits per heavy atom. The molecule has 2 aromatic carbocycles. The molecule has 0 spiro atoms. The first-order valence-electron chi connectivity index (χ1n) is 5.94. The van der Waals surface area contributed by atoms with Gasteiger partial charge in [-0.3, -0.25) is 4.72 Å². The number of sulfonamides is 1. The lowest BCUT2D eigenvalue weighted by atomic mass is 10.3. The molecule has 3 aromatic rings. The number of rotatable bonds is 3. The molecule has 0 saturated carbocycles. The van der Waals surface area contributed by atoms with E-state index in [1.165, 1.54) is 24.3 Å². The van der Waals surface area contributed by atoms with Crippen LogP contribution < -0.4 is 10.4 Å². The Morgan fingerprint density at radius 1 is 0.952 bits per heavy atom. The van der Waals surface area contributed by atoms with Gasteiger partial charge in [-0.05, 0) is 42.5 Å². The van der Waals surface area contributed by atoms with Gasteiger partial charge in [0, 0.05) is 0 Å². The topological polar surface area (TPSA) is 94.8 Å². The quantitative estimate of drug-likeness (QED) is 0.688. The monoisotopic (exact) mass is 307 g/mol. The van der Waals surface area contributed by atoms with Crippen LogP contribution >= 0.6 is 0 Å². The molecule has 21 heavy (non-hydrogen) atoms. The zero-order valence-corrected chi connectivity index (χ0v) is 11.4. The van der Waals surface area contributed by atoms with Crippen molar-refractivity contribution in [3.63, 3.8) is 0 Å². The Balaban J connectivity index is 1.96. The van der Waals surface area contributed by atoms with Crippen molar-refractivity contribution < 1.29 is 12.8 Å². The van der Waals surface area contributed by atoms with E-state index >= 15 is 0 Å². The maximum atomic E-state index is 12.8. The van der Waals surface area contributed by atoms with Gasteiger partial charge in [0.15, 0.2) is 0 Å². The average molecular weight is 307 g/mol. The van der Waals surface area contributed by atoms with Crippen molar-refractivity contribution in [2.75, 3.05) is 4.72 Å². The van der Waals surface area contributed by atoms with E-state index in [1.54, 1.807) is 6.07 Å². The molecule has 1 aromatic heterocycles. The average Bonchev–Trinajstić information content (AvgIpc) is 2.78. The molecular formula is C13H10FN3O3S. The first-order chi connectivity index (χ1) is 9.94. The molecule has 8 heteroatoms. The number of hydrogen-bond acceptors (Lipinski definition) is 3. The summed E-state index contributed by atoms with van der Waals surface area (Å²) >= 11 is 0. The Morgan fingerprint density at radius 3 is 2.33 bits per heavy atom. The fraction of sp³-hybridized carbons (Fsp3) is 0. The molecule has 0 saturated heterocycles. The summed E-state index contributed by atoms with van der Waals surface area (Å²) in [6, 6.07) is 9.09. The SMILES string of the molecule is O=c1[nH]c2ccc(NS(=O)(=O)c3ccc(F)cc3)cc2[nH]1. The maximum absolute atomic E-state index is 12.8. The van der Waals surface area contributed by atoms with Gasteiger partial charge in [0.2, 0.25) is 0 Å². The second-order valence-corrected chi connectivity index (χ2v) is 6.08. The summed E-state index contributed by atoms with van der Waals surface area (Å²) in [6.45, 7) is 0. The lowest BCUT2D eigenvalue weighted by molar-refractivity contribution is 0.599. The highest BCUT2D eigenvalue weighted by Crippen LogP contribution is 2.19. The molecular weight excluding hydrogens is 297 g/mol. The number of imidazole rings is 1. The van der Waals surface area contributed by atoms with E-state index in [9.17, 15) is 17.6 Å². The second-order valence-electron chi connectivity index (χ2n) is 4.40. The van der Waals surface area contributed by atoms with Crippen LogP contribution in [0.15, 0.2) is 52.2 Å². The molecule has 108 valence electrons. The van der Waals surface area contributed by atoms with Crippen molar-refractivity contribution in [1.82, 2.24) is 9.97 Å². The minimum absolute atomic E-state index is 0.0495. The van der Waals surface area contributed by atoms with E-state index < -0.39 is 15.8 Å². The largest absolute Gasteiger partial charge is 0.323 e. The summed E-state index contributed by atoms with van der Waals surface area (Å²) < 4.78 is 39.5. The van der Waals surface area contributed by atoms with E-state index in [-0.39, 0.29) is 10.6 Å². The number of benzene rings is 2. The van der Waals surface area contributed by atoms with Crippen LogP contribution in [0.4, 0.5) is 10.1 Å². The Kier molecular flexibility index (Phi) is 3.02. The molecule has 0 radical (unpaired) electrons. The van der Waals surface area contributed by atoms with Crippen LogP contribution in [0.5, 0.6) is 0 Å². The van der Waals surface area contributed by atoms with Crippen molar-refractivity contribution >= 4 is 26.7 Å². The molecule has 0 aliphatic carbocycles. The van der Waals surface area contributed by atoms with Gasteiger partial charge < -0.3 is 9.97 Å². The molecule has 0 fully saturated rings. The van der Waals surface area contributed by atoms with Gasteiger partial charge in [-0.1, -0.05) is 0 Å². The summed E-state index contributed by atoms with van der Waals surface area (Å²) in [5, 5.41) is 0. The molecule has 6 nitrogen and oxygen atoms in total. The molecule has 0 aliphatic heterocycles. The fourth-order valence-corrected chi connectivity index (χ4v) is 2.97. The number of fused-ring (bicyclic) bond motifs is 1. The number of H-pyrrole nitrogens is 2. The first-order valence-corrected chi connectivity index (χ1v) is 7.43. The first kappa shape index (κ1) is 13.4. The third kappa shape index (κ3) is 2.65. The molecule has 1 heterocycles. The van der Waals surface area contributed by atoms with Crippen LogP contribution in [-0.4, -0.2) is 18.4 Å². The van der Waals surface area contributed by atoms with Gasteiger partial charge >= 0.3 is 5.69 Å². The fourth-order valence-electron chi connectivity index (χ4n) is 1.92. The lowest BCUT2D eigenvalue weighted by Crippen LogP contribution is -2.12. The number of aromatic nitrogens is 2. The highest BCUT2D eigenvalue weighted by atomic mass is 32.2. The number of anilines is 1. The summed E-state index contributed by atoms with van der Waals surface area (Å²) in [5.74, 6) is -0.514. The van der Waals surface area contributed by atoms with E-state index in [0.717, 1.165) is 12.1 Å². The van der Waals surface area contributed by atoms with Gasteiger partial charge in [-0.2, -0.15) is 0 Å². The van der Waals surface area contributed by atoms with Crippen LogP contribution in [0.2, 0.25) is 0 Å². The summed E-state index contributed by atoms with van der Waals surface area (Å²) in [5.41, 5.74) is 0.981. The van der Waals surface area contributed by atoms with Crippen molar-refractivity contribution in [1.29, 1.82) is 0 Å². The molecule has 3 N–H and O–H groups in total. The summed E-state index contributed by atoms with van der Waals surface area (Å²) in [6.07, 6.45) is 0. The smallest absolute Gasteiger partial charge is 0.306 e. The van der Waals surface area contributed by atoms with Crippen LogP contribution in [-0.2, 0) is 10.0 Å². The van der Waals surface area contributed by atoms with Crippen molar-refractivity contribution in [3.05, 3.63) is 58.8 Å². The maximum Gasteiger partial charge on any atom is 0.323 e. The van der Waals surface area contributed by atoms with Gasteiger partial charge in [0.1, 0.15) is 5.82 Å². The Bertz CT molecular complexity index is 958. The normalized spacial score (nSPS) is 11.7. The van der Waals surface area contributed by atoms with Gasteiger partial charge in [-0.15, -0.1) is 0 Å². The third-order valence-corrected chi connectivity index (χ3v) is 4.29. The number of nitrogens with one attached hydrogen (secondary N) is 3. The van der Waals surface area contributed by atoms with Gasteiger partial charge in [0.05, 0.1) is 21.6 Å². The van der Waals surface area contributed by atoms with E-state index in [0.29, 0.717) is 16.7 Å². The van der Waals surface area contributed by atoms with Crippen molar-refractivity contribution in [2.45, 2.75) is 4.90 Å². The van der Waals surface area contributed by atoms with Gasteiger partial charge in [-0.25, -0.2) is 17.6 Å². The zero-order chi connectivity index (χ0) is 15.0. The van der Waals surface area contributed by atoms with E-state index in [4.69, 9.17) is 0 Å². The predicted molar refractivity (Wildman–Crippen MR) is 76.1 cm³/mol. The van der Waals surface area contributed by atoms with Gasteiger partial charge in [0.25, 0.3) is 10.0 Å². The molecule has 0 atom stereocenters. The highest BCUT2D eigenvalue weighted by Gasteiger charge is 2.14. The molecule has 3 rings (SSSR count). The number of aromatic amines is 2. The van der Waals surface area contributed by atoms with Crippen molar-refractivity contribution in [2.24, 2.45) is 0 Å². The predicted octanol–water partition coefficient (Wildman–Crippen LogP) is 1.80. The minimum atomic E-state index is -3.81. The molecule has 0 amide bonds. The molecule has 0 unspecified atom stereocenters. The van der Waals surface area contributed by atoms with Crippen LogP contribution in [0, 0.1) is 5.82 Å². The molecule has 0 bridgehead atoms. The summed E-state index contributed by atoms with van der Waals surface area (Å²) in [4.78, 5) is 16.2. The number of halogens is 1. The van der Waals surface area contributed by atoms with Crippen LogP contribution in [0.1, 0.15) is 0 Å².